The van der Waals surface area contributed by atoms with Gasteiger partial charge in [-0.1, -0.05) is 11.6 Å². The number of rotatable bonds is 1. The van der Waals surface area contributed by atoms with Gasteiger partial charge in [-0.3, -0.25) is 5.32 Å². The molecule has 6 N–H and O–H groups in total. The summed E-state index contributed by atoms with van der Waals surface area (Å²) in [5.41, 5.74) is 12.8. The van der Waals surface area contributed by atoms with E-state index in [2.05, 4.69) is 20.6 Å². The Labute approximate surface area is 152 Å². The summed E-state index contributed by atoms with van der Waals surface area (Å²) in [7, 11) is 0. The normalized spacial score (nSPS) is 15.1. The minimum Gasteiger partial charge on any atom is -0.397 e. The molecule has 0 amide bonds. The summed E-state index contributed by atoms with van der Waals surface area (Å²) in [4.78, 5) is 8.39. The number of nitrogens with two attached hydrogens (primary N) is 2. The van der Waals surface area contributed by atoms with Gasteiger partial charge in [-0.2, -0.15) is 10.5 Å². The van der Waals surface area contributed by atoms with Gasteiger partial charge in [0.1, 0.15) is 35.1 Å². The number of anilines is 3. The van der Waals surface area contributed by atoms with Crippen LogP contribution in [0.25, 0.3) is 0 Å². The predicted octanol–water partition coefficient (Wildman–Crippen LogP) is 2.16. The Morgan fingerprint density at radius 1 is 1.35 bits per heavy atom. The van der Waals surface area contributed by atoms with Gasteiger partial charge >= 0.3 is 0 Å². The maximum Gasteiger partial charge on any atom is 0.211 e. The van der Waals surface area contributed by atoms with Crippen LogP contribution in [0.4, 0.5) is 21.7 Å². The average Bonchev–Trinajstić information content (AvgIpc) is 2.58. The van der Waals surface area contributed by atoms with E-state index < -0.39 is 11.9 Å². The molecule has 0 saturated heterocycles. The van der Waals surface area contributed by atoms with Gasteiger partial charge in [0.15, 0.2) is 6.19 Å². The lowest BCUT2D eigenvalue weighted by molar-refractivity contribution is 0.598. The molecule has 1 aromatic heterocycles. The Bertz CT molecular complexity index is 1030. The summed E-state index contributed by atoms with van der Waals surface area (Å²) in [6.45, 7) is 1.67. The third-order valence-electron chi connectivity index (χ3n) is 3.93. The predicted molar refractivity (Wildman–Crippen MR) is 95.6 cm³/mol. The number of aliphatic imine (C=N–C) groups is 1. The van der Waals surface area contributed by atoms with E-state index in [1.54, 1.807) is 13.1 Å². The second-order valence-electron chi connectivity index (χ2n) is 5.52. The first-order valence-corrected chi connectivity index (χ1v) is 7.69. The Kier molecular flexibility index (Phi) is 4.24. The number of guanidine groups is 1. The second kappa shape index (κ2) is 6.39. The minimum absolute atomic E-state index is 0.0268. The van der Waals surface area contributed by atoms with Gasteiger partial charge in [0.05, 0.1) is 5.69 Å². The number of nitrogens with one attached hydrogen (secondary N) is 2. The first-order valence-electron chi connectivity index (χ1n) is 7.31. The van der Waals surface area contributed by atoms with E-state index in [-0.39, 0.29) is 40.0 Å². The van der Waals surface area contributed by atoms with Crippen LogP contribution in [0, 0.1) is 35.5 Å². The Morgan fingerprint density at radius 3 is 2.73 bits per heavy atom. The largest absolute Gasteiger partial charge is 0.397 e. The SMILES string of the molecule is Cc1cc(F)c(C2N=C(NC#N)Nc3nc(N)c(C#N)c(N)c32)cc1Cl. The van der Waals surface area contributed by atoms with Gasteiger partial charge in [0.25, 0.3) is 0 Å². The summed E-state index contributed by atoms with van der Waals surface area (Å²) in [5, 5.41) is 23.6. The molecule has 2 heterocycles. The van der Waals surface area contributed by atoms with Crippen LogP contribution < -0.4 is 22.1 Å². The molecule has 0 saturated carbocycles. The maximum atomic E-state index is 14.6. The highest BCUT2D eigenvalue weighted by Gasteiger charge is 2.31. The van der Waals surface area contributed by atoms with E-state index >= 15 is 0 Å². The Balaban J connectivity index is 2.30. The summed E-state index contributed by atoms with van der Waals surface area (Å²) >= 11 is 6.14. The molecule has 1 aliphatic rings. The Morgan fingerprint density at radius 2 is 2.08 bits per heavy atom. The number of hydrogen-bond acceptors (Lipinski definition) is 8. The highest BCUT2D eigenvalue weighted by Crippen LogP contribution is 2.42. The minimum atomic E-state index is -0.972. The van der Waals surface area contributed by atoms with Crippen molar-refractivity contribution in [3.05, 3.63) is 45.2 Å². The molecule has 1 aliphatic heterocycles. The summed E-state index contributed by atoms with van der Waals surface area (Å²) < 4.78 is 14.6. The zero-order valence-electron chi connectivity index (χ0n) is 13.4. The van der Waals surface area contributed by atoms with Crippen LogP contribution in [0.5, 0.6) is 0 Å². The highest BCUT2D eigenvalue weighted by atomic mass is 35.5. The first kappa shape index (κ1) is 17.3. The van der Waals surface area contributed by atoms with Crippen molar-refractivity contribution in [3.63, 3.8) is 0 Å². The molecule has 8 nitrogen and oxygen atoms in total. The standard InChI is InChI=1S/C16H12ClFN8/c1-6-2-10(18)7(3-9(6)17)13-11-12(21)8(4-19)14(22)25-15(11)26-16(24-13)23-5-20/h2-3,13H,1H3,(H6,21,22,23,24,25,26). The van der Waals surface area contributed by atoms with Crippen LogP contribution in [-0.4, -0.2) is 10.9 Å². The second-order valence-corrected chi connectivity index (χ2v) is 5.93. The number of halogens is 2. The lowest BCUT2D eigenvalue weighted by Gasteiger charge is -2.26. The molecular weight excluding hydrogens is 359 g/mol. The zero-order valence-corrected chi connectivity index (χ0v) is 14.2. The van der Waals surface area contributed by atoms with Crippen molar-refractivity contribution in [1.29, 1.82) is 10.5 Å². The van der Waals surface area contributed by atoms with Gasteiger partial charge in [-0.25, -0.2) is 14.4 Å². The molecule has 0 fully saturated rings. The lowest BCUT2D eigenvalue weighted by Crippen LogP contribution is -2.33. The molecule has 0 bridgehead atoms. The van der Waals surface area contributed by atoms with Crippen LogP contribution in [0.3, 0.4) is 0 Å². The van der Waals surface area contributed by atoms with Crippen LogP contribution in [0.1, 0.15) is 28.3 Å². The molecule has 0 radical (unpaired) electrons. The third kappa shape index (κ3) is 2.70. The lowest BCUT2D eigenvalue weighted by atomic mass is 9.94. The van der Waals surface area contributed by atoms with Gasteiger partial charge in [0.2, 0.25) is 5.96 Å². The molecule has 2 aromatic rings. The number of aryl methyl sites for hydroxylation is 1. The Hall–Kier alpha value is -3.56. The van der Waals surface area contributed by atoms with Crippen LogP contribution in [-0.2, 0) is 0 Å². The fourth-order valence-corrected chi connectivity index (χ4v) is 2.85. The summed E-state index contributed by atoms with van der Waals surface area (Å²) in [6.07, 6.45) is 1.72. The molecule has 0 spiro atoms. The molecule has 26 heavy (non-hydrogen) atoms. The smallest absolute Gasteiger partial charge is 0.211 e. The number of nitrogen functional groups attached to an aromatic ring is 2. The van der Waals surface area contributed by atoms with Gasteiger partial charge < -0.3 is 16.8 Å². The number of benzene rings is 1. The average molecular weight is 371 g/mol. The number of aromatic nitrogens is 1. The van der Waals surface area contributed by atoms with Crippen molar-refractivity contribution in [2.75, 3.05) is 16.8 Å². The monoisotopic (exact) mass is 370 g/mol. The molecule has 1 unspecified atom stereocenters. The van der Waals surface area contributed by atoms with Crippen molar-refractivity contribution in [1.82, 2.24) is 10.3 Å². The molecule has 0 aliphatic carbocycles. The zero-order chi connectivity index (χ0) is 19.0. The van der Waals surface area contributed by atoms with Crippen molar-refractivity contribution in [3.8, 4) is 12.3 Å². The molecule has 130 valence electrons. The van der Waals surface area contributed by atoms with Gasteiger partial charge in [0, 0.05) is 16.1 Å². The number of hydrogen-bond donors (Lipinski definition) is 4. The van der Waals surface area contributed by atoms with Crippen molar-refractivity contribution >= 4 is 34.9 Å². The van der Waals surface area contributed by atoms with E-state index in [0.717, 1.165) is 0 Å². The van der Waals surface area contributed by atoms with Gasteiger partial charge in [-0.15, -0.1) is 0 Å². The molecule has 10 heteroatoms. The first-order chi connectivity index (χ1) is 12.4. The number of pyridine rings is 1. The molecule has 3 rings (SSSR count). The van der Waals surface area contributed by atoms with Crippen LogP contribution >= 0.6 is 11.6 Å². The number of fused-ring (bicyclic) bond motifs is 1. The van der Waals surface area contributed by atoms with Gasteiger partial charge in [-0.05, 0) is 24.6 Å². The van der Waals surface area contributed by atoms with E-state index in [4.69, 9.17) is 28.3 Å². The molecular formula is C16H12ClFN8. The number of nitrogens with zero attached hydrogens (tertiary/aromatic N) is 4. The molecule has 1 atom stereocenters. The fraction of sp³-hybridized carbons (Fsp3) is 0.125. The van der Waals surface area contributed by atoms with Crippen molar-refractivity contribution in [2.24, 2.45) is 4.99 Å². The highest BCUT2D eigenvalue weighted by molar-refractivity contribution is 6.31. The fourth-order valence-electron chi connectivity index (χ4n) is 2.68. The van der Waals surface area contributed by atoms with E-state index in [0.29, 0.717) is 10.6 Å². The summed E-state index contributed by atoms with van der Waals surface area (Å²) in [6, 6.07) is 3.62. The van der Waals surface area contributed by atoms with E-state index in [1.807, 2.05) is 6.07 Å². The quantitative estimate of drug-likeness (QED) is 0.443. The maximum absolute atomic E-state index is 14.6. The van der Waals surface area contributed by atoms with Crippen molar-refractivity contribution < 1.29 is 4.39 Å². The summed E-state index contributed by atoms with van der Waals surface area (Å²) in [5.74, 6) is -0.430. The topological polar surface area (TPSA) is 149 Å². The number of nitriles is 2. The van der Waals surface area contributed by atoms with Crippen LogP contribution in [0.15, 0.2) is 17.1 Å². The van der Waals surface area contributed by atoms with Crippen LogP contribution in [0.2, 0.25) is 5.02 Å². The van der Waals surface area contributed by atoms with E-state index in [1.165, 1.54) is 12.1 Å². The molecule has 1 aromatic carbocycles. The van der Waals surface area contributed by atoms with E-state index in [9.17, 15) is 9.65 Å². The third-order valence-corrected chi connectivity index (χ3v) is 4.34. The van der Waals surface area contributed by atoms with Crippen molar-refractivity contribution in [2.45, 2.75) is 13.0 Å².